The number of nitrogen functional groups attached to an aromatic ring is 1. The van der Waals surface area contributed by atoms with Gasteiger partial charge in [-0.1, -0.05) is 6.92 Å². The van der Waals surface area contributed by atoms with Crippen molar-refractivity contribution in [3.05, 3.63) is 22.2 Å². The average molecular weight is 313 g/mol. The van der Waals surface area contributed by atoms with Gasteiger partial charge < -0.3 is 16.2 Å². The van der Waals surface area contributed by atoms with E-state index < -0.39 is 5.97 Å². The van der Waals surface area contributed by atoms with Crippen LogP contribution in [0.4, 0.5) is 11.4 Å². The molecule has 18 heavy (non-hydrogen) atoms. The van der Waals surface area contributed by atoms with E-state index in [0.29, 0.717) is 5.41 Å². The Hall–Kier alpha value is -1.23. The first-order valence-corrected chi connectivity index (χ1v) is 6.83. The van der Waals surface area contributed by atoms with Crippen LogP contribution in [0.25, 0.3) is 0 Å². The van der Waals surface area contributed by atoms with Gasteiger partial charge in [-0.3, -0.25) is 0 Å². The van der Waals surface area contributed by atoms with E-state index in [4.69, 9.17) is 10.8 Å². The Morgan fingerprint density at radius 2 is 2.22 bits per heavy atom. The van der Waals surface area contributed by atoms with Crippen molar-refractivity contribution in [2.75, 3.05) is 17.6 Å². The minimum absolute atomic E-state index is 0.141. The molecule has 0 aliphatic heterocycles. The summed E-state index contributed by atoms with van der Waals surface area (Å²) in [4.78, 5) is 11.0. The zero-order valence-corrected chi connectivity index (χ0v) is 11.9. The zero-order chi connectivity index (χ0) is 13.3. The molecule has 0 aromatic heterocycles. The third-order valence-electron chi connectivity index (χ3n) is 3.73. The molecule has 98 valence electrons. The van der Waals surface area contributed by atoms with Gasteiger partial charge in [-0.25, -0.2) is 4.79 Å². The number of hydrogen-bond donors (Lipinski definition) is 3. The topological polar surface area (TPSA) is 75.3 Å². The van der Waals surface area contributed by atoms with Crippen LogP contribution < -0.4 is 11.1 Å². The molecule has 0 radical (unpaired) electrons. The molecule has 2 rings (SSSR count). The fraction of sp³-hybridized carbons (Fsp3) is 0.462. The van der Waals surface area contributed by atoms with E-state index in [1.807, 2.05) is 0 Å². The number of anilines is 2. The average Bonchev–Trinajstić information content (AvgIpc) is 3.08. The van der Waals surface area contributed by atoms with Crippen molar-refractivity contribution in [1.82, 2.24) is 0 Å². The summed E-state index contributed by atoms with van der Waals surface area (Å²) in [6.07, 6.45) is 3.64. The Bertz CT molecular complexity index is 484. The number of aromatic carboxylic acids is 1. The molecule has 5 heteroatoms. The minimum Gasteiger partial charge on any atom is -0.478 e. The third-order valence-corrected chi connectivity index (χ3v) is 4.39. The lowest BCUT2D eigenvalue weighted by Crippen LogP contribution is -2.15. The van der Waals surface area contributed by atoms with E-state index in [0.717, 1.165) is 23.1 Å². The second-order valence-corrected chi connectivity index (χ2v) is 5.79. The van der Waals surface area contributed by atoms with Crippen LogP contribution in [0.15, 0.2) is 16.6 Å². The highest BCUT2D eigenvalue weighted by Gasteiger charge is 2.40. The Morgan fingerprint density at radius 3 is 2.72 bits per heavy atom. The summed E-state index contributed by atoms with van der Waals surface area (Å²) < 4.78 is 0.803. The first-order chi connectivity index (χ1) is 8.47. The van der Waals surface area contributed by atoms with E-state index in [2.05, 4.69) is 28.2 Å². The van der Waals surface area contributed by atoms with Crippen molar-refractivity contribution in [2.24, 2.45) is 5.41 Å². The monoisotopic (exact) mass is 312 g/mol. The molecule has 4 nitrogen and oxygen atoms in total. The second-order valence-electron chi connectivity index (χ2n) is 4.93. The number of hydrogen-bond acceptors (Lipinski definition) is 3. The predicted octanol–water partition coefficient (Wildman–Crippen LogP) is 3.33. The quantitative estimate of drug-likeness (QED) is 0.729. The molecular weight excluding hydrogens is 296 g/mol. The molecule has 0 saturated heterocycles. The lowest BCUT2D eigenvalue weighted by molar-refractivity contribution is 0.0698. The number of rotatable bonds is 5. The molecule has 0 amide bonds. The molecule has 0 spiro atoms. The number of carboxylic acids is 1. The van der Waals surface area contributed by atoms with Crippen LogP contribution in [0.3, 0.4) is 0 Å². The van der Waals surface area contributed by atoms with Crippen molar-refractivity contribution < 1.29 is 9.90 Å². The van der Waals surface area contributed by atoms with Gasteiger partial charge >= 0.3 is 5.97 Å². The molecule has 1 saturated carbocycles. The molecule has 0 atom stereocenters. The number of halogens is 1. The third kappa shape index (κ3) is 2.61. The van der Waals surface area contributed by atoms with Crippen molar-refractivity contribution in [2.45, 2.75) is 26.2 Å². The summed E-state index contributed by atoms with van der Waals surface area (Å²) >= 11 is 3.41. The van der Waals surface area contributed by atoms with Crippen LogP contribution in [0.1, 0.15) is 36.5 Å². The summed E-state index contributed by atoms with van der Waals surface area (Å²) in [6, 6.07) is 3.23. The van der Waals surface area contributed by atoms with Gasteiger partial charge in [0.25, 0.3) is 0 Å². The molecule has 0 heterocycles. The van der Waals surface area contributed by atoms with Gasteiger partial charge in [-0.05, 0) is 52.7 Å². The minimum atomic E-state index is -1.00. The first kappa shape index (κ1) is 13.2. The molecule has 1 aliphatic carbocycles. The largest absolute Gasteiger partial charge is 0.478 e. The lowest BCUT2D eigenvalue weighted by atomic mass is 10.0. The van der Waals surface area contributed by atoms with E-state index in [1.54, 1.807) is 12.1 Å². The van der Waals surface area contributed by atoms with Crippen LogP contribution in [-0.2, 0) is 0 Å². The summed E-state index contributed by atoms with van der Waals surface area (Å²) in [7, 11) is 0. The van der Waals surface area contributed by atoms with E-state index >= 15 is 0 Å². The van der Waals surface area contributed by atoms with Gasteiger partial charge in [0.1, 0.15) is 0 Å². The molecule has 1 fully saturated rings. The summed E-state index contributed by atoms with van der Waals surface area (Å²) in [5.74, 6) is -1.00. The normalized spacial score (nSPS) is 16.3. The predicted molar refractivity (Wildman–Crippen MR) is 76.0 cm³/mol. The molecule has 0 bridgehead atoms. The maximum Gasteiger partial charge on any atom is 0.337 e. The number of benzene rings is 1. The maximum absolute atomic E-state index is 11.0. The fourth-order valence-electron chi connectivity index (χ4n) is 2.02. The van der Waals surface area contributed by atoms with Crippen LogP contribution in [0, 0.1) is 5.41 Å². The number of nitrogens with one attached hydrogen (secondary N) is 1. The number of carbonyl (C=O) groups is 1. The number of nitrogens with two attached hydrogens (primary N) is 1. The van der Waals surface area contributed by atoms with Gasteiger partial charge in [0, 0.05) is 22.4 Å². The van der Waals surface area contributed by atoms with Crippen molar-refractivity contribution >= 4 is 33.3 Å². The van der Waals surface area contributed by atoms with Crippen LogP contribution >= 0.6 is 15.9 Å². The summed E-state index contributed by atoms with van der Waals surface area (Å²) in [6.45, 7) is 3.07. The second kappa shape index (κ2) is 4.80. The van der Waals surface area contributed by atoms with Crippen LogP contribution in [0.2, 0.25) is 0 Å². The Morgan fingerprint density at radius 1 is 1.56 bits per heavy atom. The molecule has 1 aliphatic rings. The van der Waals surface area contributed by atoms with Crippen molar-refractivity contribution in [3.63, 3.8) is 0 Å². The van der Waals surface area contributed by atoms with E-state index in [1.165, 1.54) is 12.8 Å². The smallest absolute Gasteiger partial charge is 0.337 e. The van der Waals surface area contributed by atoms with Crippen molar-refractivity contribution in [3.8, 4) is 0 Å². The van der Waals surface area contributed by atoms with Gasteiger partial charge in [0.2, 0.25) is 0 Å². The van der Waals surface area contributed by atoms with E-state index in [-0.39, 0.29) is 11.3 Å². The van der Waals surface area contributed by atoms with Crippen LogP contribution in [-0.4, -0.2) is 17.6 Å². The molecule has 4 N–H and O–H groups in total. The fourth-order valence-corrected chi connectivity index (χ4v) is 2.53. The number of carboxylic acid groups (broad SMARTS) is 1. The zero-order valence-electron chi connectivity index (χ0n) is 10.3. The SMILES string of the molecule is CCC1(CNc2cc(C(=O)O)c(N)cc2Br)CC1. The summed E-state index contributed by atoms with van der Waals surface area (Å²) in [5, 5.41) is 12.4. The highest BCUT2D eigenvalue weighted by Crippen LogP contribution is 2.48. The highest BCUT2D eigenvalue weighted by atomic mass is 79.9. The van der Waals surface area contributed by atoms with Gasteiger partial charge in [-0.15, -0.1) is 0 Å². The van der Waals surface area contributed by atoms with Gasteiger partial charge in [-0.2, -0.15) is 0 Å². The summed E-state index contributed by atoms with van der Waals surface area (Å²) in [5.41, 5.74) is 7.29. The van der Waals surface area contributed by atoms with Crippen LogP contribution in [0.5, 0.6) is 0 Å². The molecule has 0 unspecified atom stereocenters. The van der Waals surface area contributed by atoms with E-state index in [9.17, 15) is 4.79 Å². The Labute approximate surface area is 115 Å². The lowest BCUT2D eigenvalue weighted by Gasteiger charge is -2.16. The Balaban J connectivity index is 2.17. The van der Waals surface area contributed by atoms with Crippen molar-refractivity contribution in [1.29, 1.82) is 0 Å². The molecular formula is C13H17BrN2O2. The highest BCUT2D eigenvalue weighted by molar-refractivity contribution is 9.10. The van der Waals surface area contributed by atoms with Gasteiger partial charge in [0.15, 0.2) is 0 Å². The Kier molecular flexibility index (Phi) is 3.52. The van der Waals surface area contributed by atoms with Gasteiger partial charge in [0.05, 0.1) is 5.56 Å². The standard InChI is InChI=1S/C13H17BrN2O2/c1-2-13(3-4-13)7-16-11-5-8(12(17)18)10(15)6-9(11)14/h5-6,16H,2-4,7,15H2,1H3,(H,17,18). The molecule has 1 aromatic carbocycles. The first-order valence-electron chi connectivity index (χ1n) is 6.03. The maximum atomic E-state index is 11.0. The molecule has 1 aromatic rings.